The van der Waals surface area contributed by atoms with Crippen molar-refractivity contribution >= 4 is 5.69 Å². The van der Waals surface area contributed by atoms with Crippen LogP contribution < -0.4 is 10.2 Å². The second-order valence-corrected chi connectivity index (χ2v) is 8.43. The van der Waals surface area contributed by atoms with Crippen LogP contribution in [0.5, 0.6) is 0 Å². The third kappa shape index (κ3) is 3.07. The van der Waals surface area contributed by atoms with Crippen molar-refractivity contribution in [1.82, 2.24) is 5.32 Å². The molecule has 1 aromatic rings. The SMILES string of the molecule is CC1(C)C(NCc2ccc(N3CCC(O)CC3)c(F)c2)C2CCOC21. The van der Waals surface area contributed by atoms with Crippen molar-refractivity contribution in [3.8, 4) is 0 Å². The van der Waals surface area contributed by atoms with Crippen molar-refractivity contribution in [3.63, 3.8) is 0 Å². The second kappa shape index (κ2) is 6.53. The standard InChI is InChI=1S/C20H29FN2O2/c1-20(2)18(15-7-10-25-19(15)20)22-12-13-3-4-17(16(21)11-13)23-8-5-14(24)6-9-23/h3-4,11,14-15,18-19,22,24H,5-10,12H2,1-2H3. The zero-order valence-corrected chi connectivity index (χ0v) is 15.2. The van der Waals surface area contributed by atoms with E-state index in [0.29, 0.717) is 43.1 Å². The van der Waals surface area contributed by atoms with E-state index in [1.807, 2.05) is 17.0 Å². The lowest BCUT2D eigenvalue weighted by molar-refractivity contribution is -0.113. The summed E-state index contributed by atoms with van der Waals surface area (Å²) in [6.45, 7) is 7.50. The van der Waals surface area contributed by atoms with Gasteiger partial charge in [0.15, 0.2) is 0 Å². The number of benzene rings is 1. The fourth-order valence-corrected chi connectivity index (χ4v) is 4.99. The highest BCUT2D eigenvalue weighted by Gasteiger charge is 2.58. The number of halogens is 1. The first-order valence-electron chi connectivity index (χ1n) is 9.53. The molecule has 2 N–H and O–H groups in total. The van der Waals surface area contributed by atoms with Gasteiger partial charge in [-0.05, 0) is 37.0 Å². The lowest BCUT2D eigenvalue weighted by Crippen LogP contribution is -2.65. The Morgan fingerprint density at radius 1 is 1.28 bits per heavy atom. The number of nitrogens with zero attached hydrogens (tertiary/aromatic N) is 1. The van der Waals surface area contributed by atoms with Gasteiger partial charge in [0.25, 0.3) is 0 Å². The van der Waals surface area contributed by atoms with E-state index in [4.69, 9.17) is 4.74 Å². The van der Waals surface area contributed by atoms with Crippen molar-refractivity contribution in [2.75, 3.05) is 24.6 Å². The molecule has 1 saturated carbocycles. The van der Waals surface area contributed by atoms with Crippen LogP contribution in [0.1, 0.15) is 38.7 Å². The molecule has 3 unspecified atom stereocenters. The van der Waals surface area contributed by atoms with E-state index >= 15 is 0 Å². The summed E-state index contributed by atoms with van der Waals surface area (Å²) in [5, 5.41) is 13.2. The molecule has 5 heteroatoms. The molecular weight excluding hydrogens is 319 g/mol. The largest absolute Gasteiger partial charge is 0.393 e. The summed E-state index contributed by atoms with van der Waals surface area (Å²) in [5.74, 6) is 0.435. The Morgan fingerprint density at radius 2 is 2.04 bits per heavy atom. The van der Waals surface area contributed by atoms with Gasteiger partial charge in [-0.3, -0.25) is 0 Å². The number of fused-ring (bicyclic) bond motifs is 1. The van der Waals surface area contributed by atoms with Crippen LogP contribution in [-0.2, 0) is 11.3 Å². The van der Waals surface area contributed by atoms with Crippen molar-refractivity contribution < 1.29 is 14.2 Å². The predicted octanol–water partition coefficient (Wildman–Crippen LogP) is 2.69. The van der Waals surface area contributed by atoms with Gasteiger partial charge in [-0.25, -0.2) is 4.39 Å². The Hall–Kier alpha value is -1.17. The average molecular weight is 348 g/mol. The normalized spacial score (nSPS) is 31.7. The molecule has 138 valence electrons. The molecule has 0 amide bonds. The summed E-state index contributed by atoms with van der Waals surface area (Å²) in [5.41, 5.74) is 1.79. The third-order valence-electron chi connectivity index (χ3n) is 6.44. The maximum absolute atomic E-state index is 14.6. The van der Waals surface area contributed by atoms with Gasteiger partial charge < -0.3 is 20.1 Å². The first-order valence-corrected chi connectivity index (χ1v) is 9.53. The van der Waals surface area contributed by atoms with Crippen LogP contribution in [0.3, 0.4) is 0 Å². The molecule has 2 aliphatic heterocycles. The second-order valence-electron chi connectivity index (χ2n) is 8.43. The van der Waals surface area contributed by atoms with Gasteiger partial charge >= 0.3 is 0 Å². The first kappa shape index (κ1) is 17.3. The molecule has 2 heterocycles. The third-order valence-corrected chi connectivity index (χ3v) is 6.44. The smallest absolute Gasteiger partial charge is 0.146 e. The summed E-state index contributed by atoms with van der Waals surface area (Å²) in [6.07, 6.45) is 2.68. The molecule has 25 heavy (non-hydrogen) atoms. The molecule has 0 aromatic heterocycles. The van der Waals surface area contributed by atoms with Crippen LogP contribution in [0, 0.1) is 17.2 Å². The van der Waals surface area contributed by atoms with Crippen molar-refractivity contribution in [3.05, 3.63) is 29.6 Å². The number of hydrogen-bond acceptors (Lipinski definition) is 4. The van der Waals surface area contributed by atoms with Gasteiger partial charge in [-0.1, -0.05) is 19.9 Å². The quantitative estimate of drug-likeness (QED) is 0.878. The van der Waals surface area contributed by atoms with Crippen LogP contribution in [-0.4, -0.2) is 43.1 Å². The van der Waals surface area contributed by atoms with E-state index in [1.165, 1.54) is 0 Å². The zero-order valence-electron chi connectivity index (χ0n) is 15.2. The molecular formula is C20H29FN2O2. The summed E-state index contributed by atoms with van der Waals surface area (Å²) in [7, 11) is 0. The molecule has 4 nitrogen and oxygen atoms in total. The van der Waals surface area contributed by atoms with Crippen molar-refractivity contribution in [2.45, 2.75) is 57.9 Å². The number of anilines is 1. The highest BCUT2D eigenvalue weighted by atomic mass is 19.1. The first-order chi connectivity index (χ1) is 12.0. The molecule has 3 aliphatic rings. The van der Waals surface area contributed by atoms with E-state index in [2.05, 4.69) is 19.2 Å². The lowest BCUT2D eigenvalue weighted by atomic mass is 9.57. The molecule has 1 aliphatic carbocycles. The maximum atomic E-state index is 14.6. The minimum absolute atomic E-state index is 0.147. The summed E-state index contributed by atoms with van der Waals surface area (Å²) in [6, 6.07) is 6.00. The fourth-order valence-electron chi connectivity index (χ4n) is 4.99. The number of hydrogen-bond donors (Lipinski definition) is 2. The van der Waals surface area contributed by atoms with Crippen molar-refractivity contribution in [2.24, 2.45) is 11.3 Å². The van der Waals surface area contributed by atoms with Crippen LogP contribution in [0.4, 0.5) is 10.1 Å². The van der Waals surface area contributed by atoms with E-state index < -0.39 is 0 Å². The van der Waals surface area contributed by atoms with Crippen LogP contribution >= 0.6 is 0 Å². The number of aliphatic hydroxyl groups excluding tert-OH is 1. The Labute approximate surface area is 149 Å². The summed E-state index contributed by atoms with van der Waals surface area (Å²) in [4.78, 5) is 2.04. The molecule has 0 spiro atoms. The van der Waals surface area contributed by atoms with Gasteiger partial charge in [0.1, 0.15) is 5.82 Å². The van der Waals surface area contributed by atoms with Crippen LogP contribution in [0.2, 0.25) is 0 Å². The maximum Gasteiger partial charge on any atom is 0.146 e. The minimum Gasteiger partial charge on any atom is -0.393 e. The molecule has 3 atom stereocenters. The topological polar surface area (TPSA) is 44.7 Å². The summed E-state index contributed by atoms with van der Waals surface area (Å²) < 4.78 is 20.4. The summed E-state index contributed by atoms with van der Waals surface area (Å²) >= 11 is 0. The monoisotopic (exact) mass is 348 g/mol. The number of piperidine rings is 1. The van der Waals surface area contributed by atoms with E-state index in [9.17, 15) is 9.50 Å². The molecule has 3 fully saturated rings. The predicted molar refractivity (Wildman–Crippen MR) is 96.1 cm³/mol. The Bertz CT molecular complexity index is 628. The highest BCUT2D eigenvalue weighted by Crippen LogP contribution is 2.52. The van der Waals surface area contributed by atoms with Gasteiger partial charge in [-0.2, -0.15) is 0 Å². The van der Waals surface area contributed by atoms with Crippen molar-refractivity contribution in [1.29, 1.82) is 0 Å². The van der Waals surface area contributed by atoms with Gasteiger partial charge in [-0.15, -0.1) is 0 Å². The number of aliphatic hydroxyl groups is 1. The Kier molecular flexibility index (Phi) is 4.50. The van der Waals surface area contributed by atoms with Crippen LogP contribution in [0.25, 0.3) is 0 Å². The van der Waals surface area contributed by atoms with E-state index in [-0.39, 0.29) is 17.3 Å². The number of nitrogens with one attached hydrogen (secondary N) is 1. The van der Waals surface area contributed by atoms with E-state index in [0.717, 1.165) is 31.7 Å². The zero-order chi connectivity index (χ0) is 17.6. The minimum atomic E-state index is -0.239. The highest BCUT2D eigenvalue weighted by molar-refractivity contribution is 5.49. The molecule has 2 saturated heterocycles. The average Bonchev–Trinajstić information content (AvgIpc) is 3.03. The molecule has 4 rings (SSSR count). The Morgan fingerprint density at radius 3 is 2.76 bits per heavy atom. The number of rotatable bonds is 4. The van der Waals surface area contributed by atoms with Crippen LogP contribution in [0.15, 0.2) is 18.2 Å². The molecule has 0 radical (unpaired) electrons. The van der Waals surface area contributed by atoms with Gasteiger partial charge in [0, 0.05) is 43.6 Å². The molecule has 1 aromatic carbocycles. The fraction of sp³-hybridized carbons (Fsp3) is 0.700. The van der Waals surface area contributed by atoms with Gasteiger partial charge in [0.05, 0.1) is 17.9 Å². The molecule has 0 bridgehead atoms. The Balaban J connectivity index is 1.38. The number of ether oxygens (including phenoxy) is 1. The van der Waals surface area contributed by atoms with Gasteiger partial charge in [0.2, 0.25) is 0 Å². The lowest BCUT2D eigenvalue weighted by Gasteiger charge is -2.55. The van der Waals surface area contributed by atoms with E-state index in [1.54, 1.807) is 6.07 Å².